The van der Waals surface area contributed by atoms with E-state index in [9.17, 15) is 8.42 Å². The molecule has 0 fully saturated rings. The Morgan fingerprint density at radius 1 is 1.00 bits per heavy atom. The second-order valence-electron chi connectivity index (χ2n) is 3.76. The highest BCUT2D eigenvalue weighted by molar-refractivity contribution is 7.90. The first-order valence-electron chi connectivity index (χ1n) is 5.00. The molecule has 0 spiro atoms. The maximum Gasteiger partial charge on any atom is 0.216 e. The minimum absolute atomic E-state index is 0.193. The van der Waals surface area contributed by atoms with Crippen molar-refractivity contribution in [3.63, 3.8) is 0 Å². The van der Waals surface area contributed by atoms with Crippen LogP contribution in [0.5, 0.6) is 0 Å². The van der Waals surface area contributed by atoms with Gasteiger partial charge in [-0.1, -0.05) is 54.6 Å². The van der Waals surface area contributed by atoms with Crippen LogP contribution in [0.4, 0.5) is 0 Å². The molecule has 0 radical (unpaired) electrons. The van der Waals surface area contributed by atoms with Crippen molar-refractivity contribution in [1.29, 1.82) is 0 Å². The molecule has 2 rings (SSSR count). The molecular weight excluding hydrogens is 222 g/mol. The number of hydrogen-bond donors (Lipinski definition) is 1. The summed E-state index contributed by atoms with van der Waals surface area (Å²) in [6.07, 6.45) is 7.06. The van der Waals surface area contributed by atoms with Crippen molar-refractivity contribution < 1.29 is 8.42 Å². The zero-order valence-corrected chi connectivity index (χ0v) is 9.47. The van der Waals surface area contributed by atoms with Crippen LogP contribution in [0.15, 0.2) is 54.6 Å². The lowest BCUT2D eigenvalue weighted by Gasteiger charge is -2.22. The Hall–Kier alpha value is -1.39. The average molecular weight is 235 g/mol. The fraction of sp³-hybridized carbons (Fsp3) is 0.167. The summed E-state index contributed by atoms with van der Waals surface area (Å²) in [6.45, 7) is 0. The zero-order chi connectivity index (χ0) is 11.6. The van der Waals surface area contributed by atoms with Crippen molar-refractivity contribution in [3.05, 3.63) is 60.2 Å². The molecule has 3 nitrogen and oxygen atoms in total. The summed E-state index contributed by atoms with van der Waals surface area (Å²) in [5.41, 5.74) is 0.960. The van der Waals surface area contributed by atoms with Gasteiger partial charge in [0.25, 0.3) is 0 Å². The van der Waals surface area contributed by atoms with Gasteiger partial charge in [-0.05, 0) is 5.56 Å². The second kappa shape index (κ2) is 4.23. The largest absolute Gasteiger partial charge is 0.228 e. The van der Waals surface area contributed by atoms with E-state index in [-0.39, 0.29) is 5.92 Å². The molecule has 1 aliphatic rings. The first-order chi connectivity index (χ1) is 7.59. The van der Waals surface area contributed by atoms with Crippen LogP contribution >= 0.6 is 0 Å². The third-order valence-electron chi connectivity index (χ3n) is 2.65. The summed E-state index contributed by atoms with van der Waals surface area (Å²) in [5, 5.41) is 4.56. The molecule has 0 amide bonds. The van der Waals surface area contributed by atoms with Crippen molar-refractivity contribution in [2.24, 2.45) is 5.14 Å². The smallest absolute Gasteiger partial charge is 0.216 e. The predicted octanol–water partition coefficient (Wildman–Crippen LogP) is 1.55. The fourth-order valence-corrected chi connectivity index (χ4v) is 2.84. The molecule has 2 N–H and O–H groups in total. The van der Waals surface area contributed by atoms with Gasteiger partial charge in [0.05, 0.1) is 0 Å². The Kier molecular flexibility index (Phi) is 2.94. The van der Waals surface area contributed by atoms with E-state index >= 15 is 0 Å². The number of benzene rings is 1. The van der Waals surface area contributed by atoms with Crippen molar-refractivity contribution in [3.8, 4) is 0 Å². The Morgan fingerprint density at radius 2 is 1.62 bits per heavy atom. The van der Waals surface area contributed by atoms with Gasteiger partial charge in [-0.3, -0.25) is 0 Å². The maximum atomic E-state index is 11.5. The zero-order valence-electron chi connectivity index (χ0n) is 8.65. The van der Waals surface area contributed by atoms with E-state index < -0.39 is 15.3 Å². The van der Waals surface area contributed by atoms with Gasteiger partial charge in [0.2, 0.25) is 10.0 Å². The number of allylic oxidation sites excluding steroid dienone is 3. The van der Waals surface area contributed by atoms with E-state index in [0.717, 1.165) is 5.56 Å². The van der Waals surface area contributed by atoms with Crippen LogP contribution < -0.4 is 5.14 Å². The molecule has 0 saturated heterocycles. The molecule has 0 aliphatic heterocycles. The highest BCUT2D eigenvalue weighted by atomic mass is 32.2. The molecular formula is C12H13NO2S. The van der Waals surface area contributed by atoms with Crippen molar-refractivity contribution in [2.75, 3.05) is 0 Å². The molecule has 84 valence electrons. The van der Waals surface area contributed by atoms with Gasteiger partial charge in [-0.2, -0.15) is 0 Å². The molecule has 1 aromatic carbocycles. The molecule has 16 heavy (non-hydrogen) atoms. The number of primary sulfonamides is 1. The van der Waals surface area contributed by atoms with E-state index in [2.05, 4.69) is 0 Å². The van der Waals surface area contributed by atoms with E-state index in [1.54, 1.807) is 12.2 Å². The van der Waals surface area contributed by atoms with Crippen LogP contribution in [0, 0.1) is 0 Å². The molecule has 1 aliphatic carbocycles. The monoisotopic (exact) mass is 235 g/mol. The van der Waals surface area contributed by atoms with E-state index in [4.69, 9.17) is 5.14 Å². The summed E-state index contributed by atoms with van der Waals surface area (Å²) >= 11 is 0. The lowest BCUT2D eigenvalue weighted by Crippen LogP contribution is -2.32. The standard InChI is InChI=1S/C12H13NO2S/c13-16(14,15)12-9-5-4-8-11(12)10-6-2-1-3-7-10/h1-9,11-12H,(H2,13,14,15). The van der Waals surface area contributed by atoms with Crippen molar-refractivity contribution >= 4 is 10.0 Å². The van der Waals surface area contributed by atoms with E-state index in [1.807, 2.05) is 42.5 Å². The third-order valence-corrected chi connectivity index (χ3v) is 3.86. The maximum absolute atomic E-state index is 11.5. The van der Waals surface area contributed by atoms with Crippen LogP contribution in [0.25, 0.3) is 0 Å². The van der Waals surface area contributed by atoms with Gasteiger partial charge in [0.1, 0.15) is 5.25 Å². The third kappa shape index (κ3) is 2.23. The second-order valence-corrected chi connectivity index (χ2v) is 5.48. The van der Waals surface area contributed by atoms with E-state index in [1.165, 1.54) is 0 Å². The summed E-state index contributed by atoms with van der Waals surface area (Å²) in [7, 11) is -3.56. The topological polar surface area (TPSA) is 60.2 Å². The summed E-state index contributed by atoms with van der Waals surface area (Å²) in [6, 6.07) is 9.50. The lowest BCUT2D eigenvalue weighted by molar-refractivity contribution is 0.584. The Labute approximate surface area is 95.3 Å². The first kappa shape index (κ1) is 11.1. The van der Waals surface area contributed by atoms with Gasteiger partial charge >= 0.3 is 0 Å². The van der Waals surface area contributed by atoms with E-state index in [0.29, 0.717) is 0 Å². The molecule has 2 unspecified atom stereocenters. The summed E-state index contributed by atoms with van der Waals surface area (Å²) in [5.74, 6) is -0.193. The number of nitrogens with two attached hydrogens (primary N) is 1. The quantitative estimate of drug-likeness (QED) is 0.845. The average Bonchev–Trinajstić information content (AvgIpc) is 2.29. The van der Waals surface area contributed by atoms with Gasteiger partial charge in [-0.25, -0.2) is 13.6 Å². The van der Waals surface area contributed by atoms with Gasteiger partial charge in [-0.15, -0.1) is 0 Å². The minimum atomic E-state index is -3.56. The Balaban J connectivity index is 2.40. The fourth-order valence-electron chi connectivity index (χ4n) is 1.88. The van der Waals surface area contributed by atoms with Gasteiger partial charge < -0.3 is 0 Å². The summed E-state index contributed by atoms with van der Waals surface area (Å²) in [4.78, 5) is 0. The Morgan fingerprint density at radius 3 is 2.25 bits per heavy atom. The first-order valence-corrected chi connectivity index (χ1v) is 6.61. The number of hydrogen-bond acceptors (Lipinski definition) is 2. The summed E-state index contributed by atoms with van der Waals surface area (Å²) < 4.78 is 22.9. The number of sulfonamides is 1. The van der Waals surface area contributed by atoms with Gasteiger partial charge in [0.15, 0.2) is 0 Å². The SMILES string of the molecule is NS(=O)(=O)C1C=CC=CC1c1ccccc1. The highest BCUT2D eigenvalue weighted by Gasteiger charge is 2.29. The molecule has 0 aromatic heterocycles. The van der Waals surface area contributed by atoms with Crippen LogP contribution in [0.3, 0.4) is 0 Å². The van der Waals surface area contributed by atoms with Crippen LogP contribution in [-0.2, 0) is 10.0 Å². The normalized spacial score (nSPS) is 24.6. The lowest BCUT2D eigenvalue weighted by atomic mass is 9.92. The highest BCUT2D eigenvalue weighted by Crippen LogP contribution is 2.28. The van der Waals surface area contributed by atoms with Crippen molar-refractivity contribution in [2.45, 2.75) is 11.2 Å². The molecule has 0 saturated carbocycles. The molecule has 0 bridgehead atoms. The Bertz CT molecular complexity index is 517. The van der Waals surface area contributed by atoms with Crippen molar-refractivity contribution in [1.82, 2.24) is 0 Å². The van der Waals surface area contributed by atoms with Gasteiger partial charge in [0, 0.05) is 5.92 Å². The molecule has 4 heteroatoms. The molecule has 1 aromatic rings. The minimum Gasteiger partial charge on any atom is -0.228 e. The number of rotatable bonds is 2. The molecule has 0 heterocycles. The van der Waals surface area contributed by atoms with Crippen LogP contribution in [0.2, 0.25) is 0 Å². The predicted molar refractivity (Wildman–Crippen MR) is 64.4 cm³/mol. The van der Waals surface area contributed by atoms with Crippen LogP contribution in [-0.4, -0.2) is 13.7 Å². The van der Waals surface area contributed by atoms with Crippen LogP contribution in [0.1, 0.15) is 11.5 Å². The molecule has 2 atom stereocenters.